The van der Waals surface area contributed by atoms with Crippen molar-refractivity contribution >= 4 is 10.2 Å². The molecule has 4 nitrogen and oxygen atoms in total. The van der Waals surface area contributed by atoms with Crippen LogP contribution in [0.1, 0.15) is 6.92 Å². The van der Waals surface area contributed by atoms with E-state index < -0.39 is 10.2 Å². The Hall–Kier alpha value is 1.51. The van der Waals surface area contributed by atoms with Gasteiger partial charge in [-0.05, 0) is 0 Å². The zero-order valence-electron chi connectivity index (χ0n) is 4.96. The summed E-state index contributed by atoms with van der Waals surface area (Å²) in [6, 6.07) is 0. The van der Waals surface area contributed by atoms with Crippen LogP contribution >= 0.6 is 0 Å². The minimum Gasteiger partial charge on any atom is -0.536 e. The predicted molar refractivity (Wildman–Crippen MR) is 27.0 cm³/mol. The molecular weight excluding hydrogens is 155 g/mol. The van der Waals surface area contributed by atoms with Gasteiger partial charge in [-0.25, -0.2) is 13.6 Å². The molecule has 0 fully saturated rings. The first-order valence-corrected chi connectivity index (χ1v) is 3.28. The summed E-state index contributed by atoms with van der Waals surface area (Å²) >= 11 is 0. The van der Waals surface area contributed by atoms with Gasteiger partial charge in [-0.15, -0.1) is 6.54 Å². The molecule has 0 rings (SSSR count). The maximum atomic E-state index is 9.84. The van der Waals surface area contributed by atoms with Gasteiger partial charge in [0.1, 0.15) is 10.2 Å². The van der Waals surface area contributed by atoms with E-state index in [4.69, 9.17) is 0 Å². The first kappa shape index (κ1) is 12.2. The predicted octanol–water partition coefficient (Wildman–Crippen LogP) is -3.41. The Morgan fingerprint density at radius 2 is 2.00 bits per heavy atom. The quantitative estimate of drug-likeness (QED) is 0.430. The van der Waals surface area contributed by atoms with E-state index in [1.807, 2.05) is 0 Å². The number of hydrogen-bond acceptors (Lipinski definition) is 2. The van der Waals surface area contributed by atoms with Crippen LogP contribution in [-0.4, -0.2) is 15.0 Å². The standard InChI is InChI=1S/C2H7N2O2S.K/c1-2-4-7(3,5)6;/h2H2,1H3,(H2,3,5,6);/q-1;+1. The molecule has 0 amide bonds. The number of hydrogen-bond donors (Lipinski definition) is 1. The van der Waals surface area contributed by atoms with Gasteiger partial charge in [-0.3, -0.25) is 0 Å². The fourth-order valence-electron chi connectivity index (χ4n) is 0.180. The maximum Gasteiger partial charge on any atom is 1.00 e. The summed E-state index contributed by atoms with van der Waals surface area (Å²) in [5, 5.41) is 4.45. The Morgan fingerprint density at radius 1 is 1.62 bits per heavy atom. The minimum absolute atomic E-state index is 0. The van der Waals surface area contributed by atoms with Gasteiger partial charge in [-0.1, -0.05) is 6.92 Å². The summed E-state index contributed by atoms with van der Waals surface area (Å²) in [7, 11) is -3.55. The second-order valence-electron chi connectivity index (χ2n) is 0.960. The molecule has 6 heteroatoms. The van der Waals surface area contributed by atoms with E-state index >= 15 is 0 Å². The molecule has 0 heterocycles. The van der Waals surface area contributed by atoms with Crippen LogP contribution in [0.25, 0.3) is 4.72 Å². The van der Waals surface area contributed by atoms with Crippen molar-refractivity contribution in [3.05, 3.63) is 4.72 Å². The third-order valence-corrected chi connectivity index (χ3v) is 0.927. The van der Waals surface area contributed by atoms with Gasteiger partial charge in [0.15, 0.2) is 0 Å². The van der Waals surface area contributed by atoms with Crippen LogP contribution in [0.2, 0.25) is 0 Å². The molecule has 8 heavy (non-hydrogen) atoms. The van der Waals surface area contributed by atoms with E-state index in [1.165, 1.54) is 0 Å². The first-order valence-electron chi connectivity index (χ1n) is 1.77. The average molecular weight is 162 g/mol. The van der Waals surface area contributed by atoms with E-state index in [1.54, 1.807) is 6.92 Å². The summed E-state index contributed by atoms with van der Waals surface area (Å²) in [4.78, 5) is 0. The molecule has 0 aromatic heterocycles. The second-order valence-corrected chi connectivity index (χ2v) is 2.25. The van der Waals surface area contributed by atoms with Gasteiger partial charge in [0, 0.05) is 0 Å². The molecule has 0 unspecified atom stereocenters. The van der Waals surface area contributed by atoms with Crippen LogP contribution in [0, 0.1) is 0 Å². The zero-order chi connectivity index (χ0) is 5.91. The van der Waals surface area contributed by atoms with Gasteiger partial charge in [0.05, 0.1) is 0 Å². The van der Waals surface area contributed by atoms with Crippen molar-refractivity contribution in [3.8, 4) is 0 Å². The van der Waals surface area contributed by atoms with Crippen molar-refractivity contribution < 1.29 is 59.8 Å². The normalized spacial score (nSPS) is 10.2. The summed E-state index contributed by atoms with van der Waals surface area (Å²) in [6.45, 7) is 1.82. The van der Waals surface area contributed by atoms with Crippen LogP contribution in [0.3, 0.4) is 0 Å². The SMILES string of the molecule is CC[N-]S(N)(=O)=O.[K+]. The molecule has 0 aliphatic carbocycles. The molecule has 0 saturated carbocycles. The summed E-state index contributed by atoms with van der Waals surface area (Å²) in [5.41, 5.74) is 0. The topological polar surface area (TPSA) is 74.3 Å². The molecule has 0 atom stereocenters. The van der Waals surface area contributed by atoms with Crippen LogP contribution in [-0.2, 0) is 10.2 Å². The molecule has 0 aromatic carbocycles. The van der Waals surface area contributed by atoms with Crippen LogP contribution in [0.5, 0.6) is 0 Å². The maximum absolute atomic E-state index is 9.84. The van der Waals surface area contributed by atoms with Crippen LogP contribution in [0.15, 0.2) is 0 Å². The van der Waals surface area contributed by atoms with Crippen molar-refractivity contribution in [2.24, 2.45) is 5.14 Å². The van der Waals surface area contributed by atoms with Crippen LogP contribution in [0.4, 0.5) is 0 Å². The fourth-order valence-corrected chi connectivity index (χ4v) is 0.540. The monoisotopic (exact) mass is 162 g/mol. The van der Waals surface area contributed by atoms with E-state index in [9.17, 15) is 8.42 Å². The Balaban J connectivity index is 0. The van der Waals surface area contributed by atoms with Gasteiger partial charge in [0.2, 0.25) is 0 Å². The molecule has 0 bridgehead atoms. The van der Waals surface area contributed by atoms with Gasteiger partial charge in [-0.2, -0.15) is 0 Å². The third kappa shape index (κ3) is 10.5. The third-order valence-electron chi connectivity index (χ3n) is 0.309. The molecule has 0 aromatic rings. The molecule has 0 aliphatic heterocycles. The van der Waals surface area contributed by atoms with Crippen molar-refractivity contribution in [2.75, 3.05) is 6.54 Å². The molecule has 2 N–H and O–H groups in total. The first-order chi connectivity index (χ1) is 3.06. The Bertz CT molecular complexity index is 131. The summed E-state index contributed by atoms with van der Waals surface area (Å²) < 4.78 is 22.7. The van der Waals surface area contributed by atoms with Crippen molar-refractivity contribution in [3.63, 3.8) is 0 Å². The van der Waals surface area contributed by atoms with Crippen LogP contribution < -0.4 is 56.5 Å². The molecule has 0 spiro atoms. The number of nitrogens with zero attached hydrogens (tertiary/aromatic N) is 1. The van der Waals surface area contributed by atoms with E-state index in [0.29, 0.717) is 0 Å². The molecular formula is C2H7KN2O2S. The van der Waals surface area contributed by atoms with Crippen molar-refractivity contribution in [1.82, 2.24) is 0 Å². The summed E-state index contributed by atoms with van der Waals surface area (Å²) in [5.74, 6) is 0. The van der Waals surface area contributed by atoms with Crippen molar-refractivity contribution in [2.45, 2.75) is 6.92 Å². The van der Waals surface area contributed by atoms with Gasteiger partial charge >= 0.3 is 51.4 Å². The largest absolute Gasteiger partial charge is 1.00 e. The van der Waals surface area contributed by atoms with Crippen molar-refractivity contribution in [1.29, 1.82) is 0 Å². The summed E-state index contributed by atoms with van der Waals surface area (Å²) in [6.07, 6.45) is 0. The molecule has 44 valence electrons. The van der Waals surface area contributed by atoms with Gasteiger partial charge in [0.25, 0.3) is 0 Å². The minimum atomic E-state index is -3.55. The molecule has 0 aliphatic rings. The van der Waals surface area contributed by atoms with E-state index in [0.717, 1.165) is 0 Å². The number of nitrogens with two attached hydrogens (primary N) is 1. The van der Waals surface area contributed by atoms with E-state index in [-0.39, 0.29) is 57.9 Å². The second kappa shape index (κ2) is 5.30. The number of rotatable bonds is 2. The Morgan fingerprint density at radius 3 is 2.00 bits per heavy atom. The molecule has 0 saturated heterocycles. The van der Waals surface area contributed by atoms with Gasteiger partial charge < -0.3 is 4.72 Å². The van der Waals surface area contributed by atoms with E-state index in [2.05, 4.69) is 9.86 Å². The molecule has 0 radical (unpaired) electrons. The Labute approximate surface area is 91.8 Å². The smallest absolute Gasteiger partial charge is 0.536 e. The Kier molecular flexibility index (Phi) is 8.09. The average Bonchev–Trinajstić information content (AvgIpc) is 1.30. The fraction of sp³-hybridized carbons (Fsp3) is 1.00. The zero-order valence-corrected chi connectivity index (χ0v) is 8.90.